The first-order valence-electron chi connectivity index (χ1n) is 10.1. The molecule has 1 fully saturated rings. The van der Waals surface area contributed by atoms with Crippen LogP contribution < -0.4 is 10.1 Å². The van der Waals surface area contributed by atoms with Crippen molar-refractivity contribution in [3.8, 4) is 5.75 Å². The van der Waals surface area contributed by atoms with E-state index in [-0.39, 0.29) is 11.7 Å². The number of likely N-dealkylation sites (tertiary alicyclic amines) is 1. The number of alkyl halides is 2. The van der Waals surface area contributed by atoms with E-state index < -0.39 is 12.2 Å². The number of amides is 1. The van der Waals surface area contributed by atoms with Crippen molar-refractivity contribution < 1.29 is 18.3 Å². The molecule has 0 aliphatic carbocycles. The number of nitrogens with zero attached hydrogens (tertiary/aromatic N) is 1. The first-order chi connectivity index (χ1) is 14.5. The third-order valence-electron chi connectivity index (χ3n) is 5.96. The summed E-state index contributed by atoms with van der Waals surface area (Å²) < 4.78 is 30.0. The molecule has 1 atom stereocenters. The third kappa shape index (κ3) is 4.03. The summed E-state index contributed by atoms with van der Waals surface area (Å²) in [4.78, 5) is 18.1. The number of hydrogen-bond donors (Lipinski definition) is 2. The van der Waals surface area contributed by atoms with E-state index in [1.54, 1.807) is 18.2 Å². The van der Waals surface area contributed by atoms with Gasteiger partial charge in [0.05, 0.1) is 5.54 Å². The zero-order chi connectivity index (χ0) is 21.1. The number of H-pyrrole nitrogens is 1. The number of para-hydroxylation sites is 2. The molecule has 1 aromatic heterocycles. The Morgan fingerprint density at radius 3 is 2.73 bits per heavy atom. The summed E-state index contributed by atoms with van der Waals surface area (Å²) in [5, 5.41) is 4.21. The number of halogens is 2. The average molecular weight is 413 g/mol. The van der Waals surface area contributed by atoms with E-state index in [1.165, 1.54) is 17.0 Å². The lowest BCUT2D eigenvalue weighted by atomic mass is 9.85. The van der Waals surface area contributed by atoms with E-state index >= 15 is 0 Å². The Balaban J connectivity index is 1.36. The molecule has 1 aliphatic rings. The van der Waals surface area contributed by atoms with Crippen LogP contribution in [0, 0.1) is 0 Å². The minimum atomic E-state index is -2.87. The first kappa shape index (κ1) is 20.3. The maximum absolute atomic E-state index is 12.9. The number of carbonyl (C=O) groups excluding carboxylic acids is 1. The van der Waals surface area contributed by atoms with E-state index in [0.29, 0.717) is 18.7 Å². The molecule has 0 saturated carbocycles. The van der Waals surface area contributed by atoms with Crippen molar-refractivity contribution >= 4 is 16.8 Å². The quantitative estimate of drug-likeness (QED) is 0.585. The minimum absolute atomic E-state index is 0.0409. The highest BCUT2D eigenvalue weighted by atomic mass is 19.3. The molecule has 4 rings (SSSR count). The fourth-order valence-electron chi connectivity index (χ4n) is 4.01. The fourth-order valence-corrected chi connectivity index (χ4v) is 4.01. The molecule has 2 N–H and O–H groups in total. The van der Waals surface area contributed by atoms with Gasteiger partial charge in [0.2, 0.25) is 5.91 Å². The molecule has 0 spiro atoms. The molecule has 1 aliphatic heterocycles. The Kier molecular flexibility index (Phi) is 5.72. The highest BCUT2D eigenvalue weighted by molar-refractivity contribution is 5.87. The van der Waals surface area contributed by atoms with Gasteiger partial charge in [-0.25, -0.2) is 0 Å². The predicted octanol–water partition coefficient (Wildman–Crippen LogP) is 4.09. The lowest BCUT2D eigenvalue weighted by molar-refractivity contribution is -0.142. The number of aromatic nitrogens is 1. The van der Waals surface area contributed by atoms with Crippen LogP contribution in [-0.2, 0) is 17.8 Å². The summed E-state index contributed by atoms with van der Waals surface area (Å²) in [6.07, 6.45) is 3.44. The molecule has 30 heavy (non-hydrogen) atoms. The van der Waals surface area contributed by atoms with Crippen LogP contribution in [0.1, 0.15) is 24.5 Å². The van der Waals surface area contributed by atoms with Gasteiger partial charge in [0.25, 0.3) is 0 Å². The Bertz CT molecular complexity index is 1040. The van der Waals surface area contributed by atoms with Gasteiger partial charge in [0.15, 0.2) is 0 Å². The molecule has 158 valence electrons. The molecule has 1 unspecified atom stereocenters. The van der Waals surface area contributed by atoms with Crippen LogP contribution in [0.4, 0.5) is 8.78 Å². The number of nitrogens with one attached hydrogen (secondary N) is 2. The lowest BCUT2D eigenvalue weighted by Crippen LogP contribution is -2.65. The second-order valence-electron chi connectivity index (χ2n) is 7.80. The molecule has 2 aromatic carbocycles. The number of benzene rings is 2. The summed E-state index contributed by atoms with van der Waals surface area (Å²) in [7, 11) is 0. The van der Waals surface area contributed by atoms with Gasteiger partial charge < -0.3 is 15.0 Å². The van der Waals surface area contributed by atoms with Crippen molar-refractivity contribution in [3.63, 3.8) is 0 Å². The molecule has 1 amide bonds. The number of fused-ring (bicyclic) bond motifs is 1. The highest BCUT2D eigenvalue weighted by Crippen LogP contribution is 2.34. The smallest absolute Gasteiger partial charge is 0.387 e. The van der Waals surface area contributed by atoms with Crippen molar-refractivity contribution in [3.05, 3.63) is 65.9 Å². The van der Waals surface area contributed by atoms with Crippen LogP contribution in [0.2, 0.25) is 0 Å². The third-order valence-corrected chi connectivity index (χ3v) is 5.96. The second-order valence-corrected chi connectivity index (χ2v) is 7.80. The zero-order valence-corrected chi connectivity index (χ0v) is 16.8. The number of rotatable bonds is 8. The molecular weight excluding hydrogens is 388 g/mol. The van der Waals surface area contributed by atoms with Gasteiger partial charge in [-0.1, -0.05) is 36.4 Å². The van der Waals surface area contributed by atoms with Crippen LogP contribution in [0.5, 0.6) is 5.75 Å². The maximum atomic E-state index is 12.9. The van der Waals surface area contributed by atoms with Crippen molar-refractivity contribution in [2.75, 3.05) is 13.1 Å². The Morgan fingerprint density at radius 2 is 1.97 bits per heavy atom. The Hall–Kier alpha value is -2.93. The highest BCUT2D eigenvalue weighted by Gasteiger charge is 2.46. The number of aromatic amines is 1. The normalized spacial score (nSPS) is 19.1. The van der Waals surface area contributed by atoms with Crippen LogP contribution >= 0.6 is 0 Å². The topological polar surface area (TPSA) is 57.4 Å². The maximum Gasteiger partial charge on any atom is 0.387 e. The minimum Gasteiger partial charge on any atom is -0.434 e. The lowest BCUT2D eigenvalue weighted by Gasteiger charge is -2.49. The molecule has 7 heteroatoms. The SMILES string of the molecule is CC1(C(=O)NCCc2c[nH]c3ccccc23)CCN1Cc1ccccc1OC(F)F. The van der Waals surface area contributed by atoms with Crippen molar-refractivity contribution in [1.29, 1.82) is 0 Å². The first-order valence-corrected chi connectivity index (χ1v) is 10.1. The van der Waals surface area contributed by atoms with Gasteiger partial charge in [-0.15, -0.1) is 0 Å². The molecule has 2 heterocycles. The molecule has 5 nitrogen and oxygen atoms in total. The fraction of sp³-hybridized carbons (Fsp3) is 0.348. The van der Waals surface area contributed by atoms with Gasteiger partial charge in [-0.3, -0.25) is 9.69 Å². The summed E-state index contributed by atoms with van der Waals surface area (Å²) in [6, 6.07) is 14.8. The largest absolute Gasteiger partial charge is 0.434 e. The van der Waals surface area contributed by atoms with Crippen molar-refractivity contribution in [1.82, 2.24) is 15.2 Å². The van der Waals surface area contributed by atoms with E-state index in [4.69, 9.17) is 0 Å². The van der Waals surface area contributed by atoms with Gasteiger partial charge in [-0.2, -0.15) is 8.78 Å². The standard InChI is InChI=1S/C23H25F2N3O2/c1-23(11-13-28(23)15-17-6-2-5-9-20(17)30-22(24)25)21(29)26-12-10-16-14-27-19-8-4-3-7-18(16)19/h2-9,14,22,27H,10-13,15H2,1H3,(H,26,29). The zero-order valence-electron chi connectivity index (χ0n) is 16.8. The summed E-state index contributed by atoms with van der Waals surface area (Å²) in [5.41, 5.74) is 2.24. The summed E-state index contributed by atoms with van der Waals surface area (Å²) in [6.45, 7) is 0.676. The van der Waals surface area contributed by atoms with Crippen molar-refractivity contribution in [2.24, 2.45) is 0 Å². The Morgan fingerprint density at radius 1 is 1.20 bits per heavy atom. The molecule has 0 bridgehead atoms. The van der Waals surface area contributed by atoms with Gasteiger partial charge in [-0.05, 0) is 37.5 Å². The second kappa shape index (κ2) is 8.44. The molecule has 0 radical (unpaired) electrons. The summed E-state index contributed by atoms with van der Waals surface area (Å²) >= 11 is 0. The monoisotopic (exact) mass is 413 g/mol. The van der Waals surface area contributed by atoms with Crippen LogP contribution in [0.3, 0.4) is 0 Å². The molecule has 1 saturated heterocycles. The van der Waals surface area contributed by atoms with Crippen LogP contribution in [0.15, 0.2) is 54.7 Å². The van der Waals surface area contributed by atoms with E-state index in [0.717, 1.165) is 24.9 Å². The van der Waals surface area contributed by atoms with Gasteiger partial charge in [0, 0.05) is 42.3 Å². The van der Waals surface area contributed by atoms with Crippen molar-refractivity contribution in [2.45, 2.75) is 38.5 Å². The number of hydrogen-bond acceptors (Lipinski definition) is 3. The van der Waals surface area contributed by atoms with Crippen LogP contribution in [0.25, 0.3) is 10.9 Å². The molecule has 3 aromatic rings. The van der Waals surface area contributed by atoms with Gasteiger partial charge in [0.1, 0.15) is 5.75 Å². The van der Waals surface area contributed by atoms with Gasteiger partial charge >= 0.3 is 6.61 Å². The van der Waals surface area contributed by atoms with E-state index in [2.05, 4.69) is 21.1 Å². The number of ether oxygens (including phenoxy) is 1. The van der Waals surface area contributed by atoms with E-state index in [9.17, 15) is 13.6 Å². The predicted molar refractivity (Wildman–Crippen MR) is 112 cm³/mol. The molecular formula is C23H25F2N3O2. The Labute approximate surface area is 174 Å². The average Bonchev–Trinajstić information content (AvgIpc) is 3.14. The summed E-state index contributed by atoms with van der Waals surface area (Å²) in [5.74, 6) is 0.113. The number of carbonyl (C=O) groups is 1. The van der Waals surface area contributed by atoms with E-state index in [1.807, 2.05) is 36.2 Å². The van der Waals surface area contributed by atoms with Crippen LogP contribution in [-0.4, -0.2) is 41.0 Å².